The molecule has 3 aromatic carbocycles. The first kappa shape index (κ1) is 17.9. The van der Waals surface area contributed by atoms with Gasteiger partial charge in [-0.05, 0) is 39.1 Å². The Morgan fingerprint density at radius 2 is 1.50 bits per heavy atom. The van der Waals surface area contributed by atoms with E-state index in [2.05, 4.69) is 23.5 Å². The van der Waals surface area contributed by atoms with E-state index in [1.165, 1.54) is 0 Å². The van der Waals surface area contributed by atoms with Gasteiger partial charge in [0.15, 0.2) is 0 Å². The number of rotatable bonds is 6. The second kappa shape index (κ2) is 7.56. The number of nitrogens with one attached hydrogen (secondary N) is 1. The fourth-order valence-corrected chi connectivity index (χ4v) is 3.38. The Hall–Kier alpha value is -2.88. The molecule has 3 aromatic rings. The SMILES string of the molecule is CC(C)CC(=O)N[C@@H](Cc1c2ccccc2cc2ccccc12)C(N)=O. The highest BCUT2D eigenvalue weighted by molar-refractivity contribution is 6.03. The first-order chi connectivity index (χ1) is 12.5. The van der Waals surface area contributed by atoms with Gasteiger partial charge in [0, 0.05) is 12.8 Å². The van der Waals surface area contributed by atoms with Crippen molar-refractivity contribution in [3.8, 4) is 0 Å². The Morgan fingerprint density at radius 1 is 0.962 bits per heavy atom. The van der Waals surface area contributed by atoms with E-state index in [1.54, 1.807) is 0 Å². The van der Waals surface area contributed by atoms with Crippen LogP contribution < -0.4 is 11.1 Å². The third-order valence-electron chi connectivity index (χ3n) is 4.56. The average Bonchev–Trinajstić information content (AvgIpc) is 2.59. The van der Waals surface area contributed by atoms with E-state index < -0.39 is 11.9 Å². The van der Waals surface area contributed by atoms with Gasteiger partial charge in [0.25, 0.3) is 0 Å². The summed E-state index contributed by atoms with van der Waals surface area (Å²) in [4.78, 5) is 24.2. The van der Waals surface area contributed by atoms with Gasteiger partial charge in [-0.25, -0.2) is 0 Å². The van der Waals surface area contributed by atoms with Gasteiger partial charge >= 0.3 is 0 Å². The summed E-state index contributed by atoms with van der Waals surface area (Å²) in [5, 5.41) is 7.19. The third-order valence-corrected chi connectivity index (χ3v) is 4.56. The first-order valence-corrected chi connectivity index (χ1v) is 8.93. The monoisotopic (exact) mass is 348 g/mol. The molecule has 0 radical (unpaired) electrons. The summed E-state index contributed by atoms with van der Waals surface area (Å²) < 4.78 is 0. The average molecular weight is 348 g/mol. The summed E-state index contributed by atoms with van der Waals surface area (Å²) in [6.45, 7) is 3.94. The topological polar surface area (TPSA) is 72.2 Å². The molecule has 0 saturated carbocycles. The molecule has 0 spiro atoms. The molecule has 4 nitrogen and oxygen atoms in total. The molecule has 0 aliphatic rings. The van der Waals surface area contributed by atoms with E-state index in [9.17, 15) is 9.59 Å². The maximum atomic E-state index is 12.2. The summed E-state index contributed by atoms with van der Waals surface area (Å²) >= 11 is 0. The van der Waals surface area contributed by atoms with Gasteiger partial charge in [-0.2, -0.15) is 0 Å². The zero-order valence-electron chi connectivity index (χ0n) is 15.2. The minimum atomic E-state index is -0.726. The van der Waals surface area contributed by atoms with Crippen molar-refractivity contribution in [1.29, 1.82) is 0 Å². The van der Waals surface area contributed by atoms with Crippen LogP contribution in [-0.4, -0.2) is 17.9 Å². The highest BCUT2D eigenvalue weighted by Gasteiger charge is 2.21. The summed E-state index contributed by atoms with van der Waals surface area (Å²) in [5.41, 5.74) is 6.63. The Bertz CT molecular complexity index is 909. The number of benzene rings is 3. The zero-order chi connectivity index (χ0) is 18.7. The number of primary amides is 1. The van der Waals surface area contributed by atoms with Crippen molar-refractivity contribution in [2.75, 3.05) is 0 Å². The van der Waals surface area contributed by atoms with Crippen molar-refractivity contribution in [3.05, 3.63) is 60.2 Å². The molecule has 1 atom stereocenters. The predicted molar refractivity (Wildman–Crippen MR) is 106 cm³/mol. The zero-order valence-corrected chi connectivity index (χ0v) is 15.2. The third kappa shape index (κ3) is 3.85. The summed E-state index contributed by atoms with van der Waals surface area (Å²) in [5.74, 6) is -0.436. The molecule has 0 aromatic heterocycles. The normalized spacial score (nSPS) is 12.4. The number of hydrogen-bond acceptors (Lipinski definition) is 2. The maximum absolute atomic E-state index is 12.2. The number of carbonyl (C=O) groups is 2. The van der Waals surface area contributed by atoms with Crippen LogP contribution in [-0.2, 0) is 16.0 Å². The van der Waals surface area contributed by atoms with Crippen LogP contribution in [0.3, 0.4) is 0 Å². The molecule has 134 valence electrons. The van der Waals surface area contributed by atoms with Gasteiger partial charge in [0.1, 0.15) is 6.04 Å². The largest absolute Gasteiger partial charge is 0.368 e. The minimum Gasteiger partial charge on any atom is -0.368 e. The lowest BCUT2D eigenvalue weighted by Crippen LogP contribution is -2.46. The standard InChI is InChI=1S/C22H24N2O2/c1-14(2)11-21(25)24-20(22(23)26)13-19-17-9-5-3-7-15(17)12-16-8-4-6-10-18(16)19/h3-10,12,14,20H,11,13H2,1-2H3,(H2,23,26)(H,24,25)/t20-/m0/s1. The van der Waals surface area contributed by atoms with Crippen LogP contribution in [0.5, 0.6) is 0 Å². The predicted octanol–water partition coefficient (Wildman–Crippen LogP) is 3.55. The second-order valence-electron chi connectivity index (χ2n) is 7.12. The van der Waals surface area contributed by atoms with Crippen LogP contribution >= 0.6 is 0 Å². The van der Waals surface area contributed by atoms with Gasteiger partial charge in [0.05, 0.1) is 0 Å². The molecule has 3 rings (SSSR count). The molecule has 26 heavy (non-hydrogen) atoms. The Balaban J connectivity index is 2.04. The summed E-state index contributed by atoms with van der Waals surface area (Å²) in [6.07, 6.45) is 0.751. The van der Waals surface area contributed by atoms with E-state index in [4.69, 9.17) is 5.73 Å². The van der Waals surface area contributed by atoms with Gasteiger partial charge in [0.2, 0.25) is 11.8 Å². The molecule has 0 bridgehead atoms. The fraction of sp³-hybridized carbons (Fsp3) is 0.273. The van der Waals surface area contributed by atoms with Crippen LogP contribution in [0.15, 0.2) is 54.6 Å². The quantitative estimate of drug-likeness (QED) is 0.669. The summed E-state index contributed by atoms with van der Waals surface area (Å²) in [6, 6.07) is 17.6. The van der Waals surface area contributed by atoms with E-state index in [1.807, 2.05) is 50.2 Å². The number of carbonyl (C=O) groups excluding carboxylic acids is 2. The molecule has 4 heteroatoms. The lowest BCUT2D eigenvalue weighted by molar-refractivity contribution is -0.127. The molecule has 0 heterocycles. The lowest BCUT2D eigenvalue weighted by Gasteiger charge is -2.19. The number of amides is 2. The molecular formula is C22H24N2O2. The van der Waals surface area contributed by atoms with Crippen molar-refractivity contribution in [1.82, 2.24) is 5.32 Å². The molecule has 0 aliphatic carbocycles. The number of fused-ring (bicyclic) bond motifs is 2. The molecule has 2 amide bonds. The number of nitrogens with two attached hydrogens (primary N) is 1. The molecule has 0 fully saturated rings. The van der Waals surface area contributed by atoms with Crippen LogP contribution in [0.2, 0.25) is 0 Å². The maximum Gasteiger partial charge on any atom is 0.240 e. The summed E-state index contributed by atoms with van der Waals surface area (Å²) in [7, 11) is 0. The molecule has 3 N–H and O–H groups in total. The fourth-order valence-electron chi connectivity index (χ4n) is 3.38. The van der Waals surface area contributed by atoms with Crippen molar-refractivity contribution in [3.63, 3.8) is 0 Å². The Kier molecular flexibility index (Phi) is 5.21. The Labute approximate surface area is 153 Å². The van der Waals surface area contributed by atoms with Crippen LogP contribution in [0.4, 0.5) is 0 Å². The van der Waals surface area contributed by atoms with E-state index in [0.717, 1.165) is 27.1 Å². The van der Waals surface area contributed by atoms with Gasteiger partial charge in [-0.3, -0.25) is 9.59 Å². The lowest BCUT2D eigenvalue weighted by atomic mass is 9.92. The van der Waals surface area contributed by atoms with Crippen molar-refractivity contribution in [2.45, 2.75) is 32.7 Å². The second-order valence-corrected chi connectivity index (χ2v) is 7.12. The van der Waals surface area contributed by atoms with Gasteiger partial charge in [-0.1, -0.05) is 62.4 Å². The van der Waals surface area contributed by atoms with Crippen LogP contribution in [0.25, 0.3) is 21.5 Å². The first-order valence-electron chi connectivity index (χ1n) is 8.93. The minimum absolute atomic E-state index is 0.145. The molecule has 0 unspecified atom stereocenters. The smallest absolute Gasteiger partial charge is 0.240 e. The van der Waals surface area contributed by atoms with Gasteiger partial charge in [-0.15, -0.1) is 0 Å². The van der Waals surface area contributed by atoms with E-state index >= 15 is 0 Å². The van der Waals surface area contributed by atoms with Crippen molar-refractivity contribution in [2.24, 2.45) is 11.7 Å². The highest BCUT2D eigenvalue weighted by Crippen LogP contribution is 2.29. The number of hydrogen-bond donors (Lipinski definition) is 2. The van der Waals surface area contributed by atoms with Crippen LogP contribution in [0.1, 0.15) is 25.8 Å². The molecule has 0 aliphatic heterocycles. The van der Waals surface area contributed by atoms with Crippen LogP contribution in [0, 0.1) is 5.92 Å². The molecular weight excluding hydrogens is 324 g/mol. The highest BCUT2D eigenvalue weighted by atomic mass is 16.2. The van der Waals surface area contributed by atoms with Gasteiger partial charge < -0.3 is 11.1 Å². The van der Waals surface area contributed by atoms with E-state index in [0.29, 0.717) is 12.8 Å². The Morgan fingerprint density at radius 3 is 2.00 bits per heavy atom. The van der Waals surface area contributed by atoms with Crippen molar-refractivity contribution >= 4 is 33.4 Å². The van der Waals surface area contributed by atoms with E-state index in [-0.39, 0.29) is 11.8 Å². The van der Waals surface area contributed by atoms with Crippen molar-refractivity contribution < 1.29 is 9.59 Å². The molecule has 0 saturated heterocycles.